The molecule has 0 bridgehead atoms. The number of hydrogen-bond acceptors (Lipinski definition) is 5. The Hall–Kier alpha value is -2.21. The predicted molar refractivity (Wildman–Crippen MR) is 80.8 cm³/mol. The second-order valence-electron chi connectivity index (χ2n) is 5.03. The number of benzene rings is 1. The number of nitrogens with zero attached hydrogens (tertiary/aromatic N) is 1. The molecule has 0 aliphatic carbocycles. The fourth-order valence-corrected chi connectivity index (χ4v) is 2.58. The molecule has 3 rings (SSSR count). The number of anilines is 1. The van der Waals surface area contributed by atoms with Crippen LogP contribution in [0.2, 0.25) is 5.02 Å². The highest BCUT2D eigenvalue weighted by molar-refractivity contribution is 6.32. The summed E-state index contributed by atoms with van der Waals surface area (Å²) in [7, 11) is 0. The molecule has 1 aromatic heterocycles. The minimum atomic E-state index is -0.179. The summed E-state index contributed by atoms with van der Waals surface area (Å²) in [6.45, 7) is 4.46. The predicted octanol–water partition coefficient (Wildman–Crippen LogP) is 2.90. The summed E-state index contributed by atoms with van der Waals surface area (Å²) in [4.78, 5) is 12.2. The molecule has 2 heterocycles. The van der Waals surface area contributed by atoms with Crippen LogP contribution in [0.15, 0.2) is 16.7 Å². The Bertz CT molecular complexity index is 707. The fraction of sp³-hybridized carbons (Fsp3) is 0.333. The summed E-state index contributed by atoms with van der Waals surface area (Å²) < 4.78 is 16.0. The molecule has 1 aliphatic heterocycles. The van der Waals surface area contributed by atoms with Gasteiger partial charge < -0.3 is 19.3 Å². The largest absolute Gasteiger partial charge is 0.486 e. The average molecular weight is 323 g/mol. The van der Waals surface area contributed by atoms with E-state index in [4.69, 9.17) is 25.6 Å². The first-order chi connectivity index (χ1) is 10.5. The van der Waals surface area contributed by atoms with Crippen LogP contribution < -0.4 is 14.8 Å². The normalized spacial score (nSPS) is 13.0. The zero-order valence-electron chi connectivity index (χ0n) is 12.2. The first kappa shape index (κ1) is 14.7. The number of aryl methyl sites for hydroxylation is 2. The Morgan fingerprint density at radius 1 is 1.32 bits per heavy atom. The Morgan fingerprint density at radius 3 is 2.82 bits per heavy atom. The number of ether oxygens (including phenoxy) is 2. The molecule has 7 heteroatoms. The van der Waals surface area contributed by atoms with Crippen LogP contribution in [0.5, 0.6) is 11.5 Å². The van der Waals surface area contributed by atoms with Crippen LogP contribution in [0.3, 0.4) is 0 Å². The van der Waals surface area contributed by atoms with Crippen LogP contribution in [-0.4, -0.2) is 24.3 Å². The molecule has 22 heavy (non-hydrogen) atoms. The second kappa shape index (κ2) is 5.88. The maximum atomic E-state index is 12.2. The molecule has 0 atom stereocenters. The van der Waals surface area contributed by atoms with Gasteiger partial charge in [-0.1, -0.05) is 16.8 Å². The molecule has 0 radical (unpaired) electrons. The highest BCUT2D eigenvalue weighted by atomic mass is 35.5. The third-order valence-electron chi connectivity index (χ3n) is 3.32. The topological polar surface area (TPSA) is 73.6 Å². The lowest BCUT2D eigenvalue weighted by atomic mass is 10.1. The highest BCUT2D eigenvalue weighted by Gasteiger charge is 2.18. The molecule has 0 saturated heterocycles. The third-order valence-corrected chi connectivity index (χ3v) is 3.60. The van der Waals surface area contributed by atoms with E-state index in [-0.39, 0.29) is 12.3 Å². The van der Waals surface area contributed by atoms with Crippen molar-refractivity contribution in [2.24, 2.45) is 0 Å². The highest BCUT2D eigenvalue weighted by Crippen LogP contribution is 2.38. The minimum Gasteiger partial charge on any atom is -0.486 e. The number of aromatic nitrogens is 1. The molecule has 0 spiro atoms. The number of amides is 1. The van der Waals surface area contributed by atoms with E-state index in [2.05, 4.69) is 10.5 Å². The van der Waals surface area contributed by atoms with E-state index in [0.29, 0.717) is 46.9 Å². The fourth-order valence-electron chi connectivity index (χ4n) is 2.30. The number of hydrogen-bond donors (Lipinski definition) is 1. The molecule has 116 valence electrons. The van der Waals surface area contributed by atoms with E-state index in [9.17, 15) is 4.79 Å². The summed E-state index contributed by atoms with van der Waals surface area (Å²) >= 11 is 6.16. The van der Waals surface area contributed by atoms with Crippen LogP contribution in [-0.2, 0) is 11.2 Å². The lowest BCUT2D eigenvalue weighted by Gasteiger charge is -2.20. The van der Waals surface area contributed by atoms with Crippen molar-refractivity contribution in [3.05, 3.63) is 34.2 Å². The van der Waals surface area contributed by atoms with Crippen molar-refractivity contribution < 1.29 is 18.8 Å². The molecule has 1 aliphatic rings. The van der Waals surface area contributed by atoms with E-state index in [1.54, 1.807) is 26.0 Å². The van der Waals surface area contributed by atoms with Crippen LogP contribution in [0.1, 0.15) is 17.0 Å². The minimum absolute atomic E-state index is 0.167. The van der Waals surface area contributed by atoms with Crippen LogP contribution >= 0.6 is 11.6 Å². The quantitative estimate of drug-likeness (QED) is 0.940. The number of fused-ring (bicyclic) bond motifs is 1. The maximum absolute atomic E-state index is 12.2. The van der Waals surface area contributed by atoms with Crippen molar-refractivity contribution in [1.82, 2.24) is 5.16 Å². The summed E-state index contributed by atoms with van der Waals surface area (Å²) in [6.07, 6.45) is 0.167. The molecular formula is C15H15ClN2O4. The van der Waals surface area contributed by atoms with Crippen molar-refractivity contribution in [3.63, 3.8) is 0 Å². The Balaban J connectivity index is 1.76. The van der Waals surface area contributed by atoms with Gasteiger partial charge in [-0.2, -0.15) is 0 Å². The van der Waals surface area contributed by atoms with Gasteiger partial charge in [0.25, 0.3) is 0 Å². The van der Waals surface area contributed by atoms with Gasteiger partial charge in [0.05, 0.1) is 11.4 Å². The SMILES string of the molecule is Cc1noc(C)c1NC(=O)Cc1cc(Cl)c2c(c1)OCCO2. The Labute approximate surface area is 132 Å². The zero-order valence-corrected chi connectivity index (χ0v) is 13.0. The van der Waals surface area contributed by atoms with Crippen molar-refractivity contribution in [3.8, 4) is 11.5 Å². The van der Waals surface area contributed by atoms with Crippen molar-refractivity contribution in [1.29, 1.82) is 0 Å². The van der Waals surface area contributed by atoms with Gasteiger partial charge in [-0.15, -0.1) is 0 Å². The number of carbonyl (C=O) groups is 1. The van der Waals surface area contributed by atoms with Gasteiger partial charge in [0.15, 0.2) is 17.3 Å². The van der Waals surface area contributed by atoms with Crippen LogP contribution in [0.25, 0.3) is 0 Å². The molecular weight excluding hydrogens is 308 g/mol. The molecule has 0 unspecified atom stereocenters. The van der Waals surface area contributed by atoms with E-state index in [1.165, 1.54) is 0 Å². The summed E-state index contributed by atoms with van der Waals surface area (Å²) in [5.74, 6) is 1.50. The van der Waals surface area contributed by atoms with E-state index >= 15 is 0 Å². The van der Waals surface area contributed by atoms with Crippen molar-refractivity contribution in [2.45, 2.75) is 20.3 Å². The van der Waals surface area contributed by atoms with Crippen molar-refractivity contribution in [2.75, 3.05) is 18.5 Å². The van der Waals surface area contributed by atoms with Crippen LogP contribution in [0.4, 0.5) is 5.69 Å². The Morgan fingerprint density at radius 2 is 2.09 bits per heavy atom. The second-order valence-corrected chi connectivity index (χ2v) is 5.43. The monoisotopic (exact) mass is 322 g/mol. The first-order valence-corrected chi connectivity index (χ1v) is 7.23. The number of rotatable bonds is 3. The van der Waals surface area contributed by atoms with Gasteiger partial charge >= 0.3 is 0 Å². The molecule has 1 N–H and O–H groups in total. The molecule has 6 nitrogen and oxygen atoms in total. The molecule has 0 fully saturated rings. The molecule has 1 aromatic carbocycles. The maximum Gasteiger partial charge on any atom is 0.228 e. The molecule has 2 aromatic rings. The zero-order chi connectivity index (χ0) is 15.7. The molecule has 0 saturated carbocycles. The van der Waals surface area contributed by atoms with Gasteiger partial charge in [0.2, 0.25) is 5.91 Å². The number of carbonyl (C=O) groups excluding carboxylic acids is 1. The Kier molecular flexibility index (Phi) is 3.94. The lowest BCUT2D eigenvalue weighted by molar-refractivity contribution is -0.115. The number of nitrogens with one attached hydrogen (secondary N) is 1. The summed E-state index contributed by atoms with van der Waals surface area (Å²) in [6, 6.07) is 3.48. The van der Waals surface area contributed by atoms with Gasteiger partial charge in [-0.3, -0.25) is 4.79 Å². The third kappa shape index (κ3) is 2.87. The first-order valence-electron chi connectivity index (χ1n) is 6.85. The smallest absolute Gasteiger partial charge is 0.228 e. The number of halogens is 1. The van der Waals surface area contributed by atoms with E-state index in [1.807, 2.05) is 0 Å². The lowest BCUT2D eigenvalue weighted by Crippen LogP contribution is -2.18. The van der Waals surface area contributed by atoms with E-state index < -0.39 is 0 Å². The average Bonchev–Trinajstić information content (AvgIpc) is 2.79. The van der Waals surface area contributed by atoms with Crippen molar-refractivity contribution >= 4 is 23.2 Å². The van der Waals surface area contributed by atoms with E-state index in [0.717, 1.165) is 5.56 Å². The molecule has 1 amide bonds. The van der Waals surface area contributed by atoms with Gasteiger partial charge in [0.1, 0.15) is 24.6 Å². The van der Waals surface area contributed by atoms with Gasteiger partial charge in [-0.05, 0) is 31.5 Å². The summed E-state index contributed by atoms with van der Waals surface area (Å²) in [5, 5.41) is 7.04. The summed E-state index contributed by atoms with van der Waals surface area (Å²) in [5.41, 5.74) is 2.00. The van der Waals surface area contributed by atoms with Gasteiger partial charge in [-0.25, -0.2) is 0 Å². The van der Waals surface area contributed by atoms with Crippen LogP contribution in [0, 0.1) is 13.8 Å². The standard InChI is InChI=1S/C15H15ClN2O4/c1-8-14(9(2)22-18-8)17-13(19)7-10-5-11(16)15-12(6-10)20-3-4-21-15/h5-6H,3-4,7H2,1-2H3,(H,17,19). The van der Waals surface area contributed by atoms with Gasteiger partial charge in [0, 0.05) is 0 Å².